The third-order valence-electron chi connectivity index (χ3n) is 3.02. The van der Waals surface area contributed by atoms with Crippen LogP contribution >= 0.6 is 11.8 Å². The Bertz CT molecular complexity index is 605. The standard InChI is InChI=1S/C13H14N2O4S/c1-8(12(17)19-3)15-11(16)10(20-13(15)18)7-9-5-4-6-14(9)2/h4-8H,1-3H3. The summed E-state index contributed by atoms with van der Waals surface area (Å²) in [7, 11) is 3.06. The number of ether oxygens (including phenoxy) is 1. The summed E-state index contributed by atoms with van der Waals surface area (Å²) in [4.78, 5) is 36.8. The summed E-state index contributed by atoms with van der Waals surface area (Å²) < 4.78 is 6.39. The molecule has 0 N–H and O–H groups in total. The first kappa shape index (κ1) is 14.4. The number of hydrogen-bond acceptors (Lipinski definition) is 5. The Morgan fingerprint density at radius 1 is 1.45 bits per heavy atom. The lowest BCUT2D eigenvalue weighted by molar-refractivity contribution is -0.148. The Morgan fingerprint density at radius 2 is 2.15 bits per heavy atom. The van der Waals surface area contributed by atoms with E-state index in [0.717, 1.165) is 22.4 Å². The molecule has 1 fully saturated rings. The van der Waals surface area contributed by atoms with Crippen molar-refractivity contribution in [2.45, 2.75) is 13.0 Å². The Hall–Kier alpha value is -2.02. The van der Waals surface area contributed by atoms with Crippen LogP contribution in [0.15, 0.2) is 23.2 Å². The van der Waals surface area contributed by atoms with Crippen LogP contribution in [0.2, 0.25) is 0 Å². The molecule has 7 heteroatoms. The molecule has 2 amide bonds. The van der Waals surface area contributed by atoms with E-state index in [1.54, 1.807) is 6.08 Å². The number of rotatable bonds is 3. The lowest BCUT2D eigenvalue weighted by Gasteiger charge is -2.18. The molecule has 1 aromatic heterocycles. The highest BCUT2D eigenvalue weighted by Gasteiger charge is 2.41. The molecule has 106 valence electrons. The molecule has 6 nitrogen and oxygen atoms in total. The molecular weight excluding hydrogens is 280 g/mol. The van der Waals surface area contributed by atoms with Crippen molar-refractivity contribution in [2.75, 3.05) is 7.11 Å². The van der Waals surface area contributed by atoms with E-state index in [1.807, 2.05) is 29.9 Å². The maximum atomic E-state index is 12.2. The van der Waals surface area contributed by atoms with Crippen molar-refractivity contribution in [3.63, 3.8) is 0 Å². The number of imide groups is 1. The van der Waals surface area contributed by atoms with Gasteiger partial charge in [-0.1, -0.05) is 0 Å². The lowest BCUT2D eigenvalue weighted by atomic mass is 10.2. The number of carbonyl (C=O) groups excluding carboxylic acids is 3. The summed E-state index contributed by atoms with van der Waals surface area (Å²) in [6.07, 6.45) is 3.47. The van der Waals surface area contributed by atoms with E-state index in [4.69, 9.17) is 0 Å². The molecule has 1 unspecified atom stereocenters. The Labute approximate surface area is 120 Å². The summed E-state index contributed by atoms with van der Waals surface area (Å²) in [5, 5.41) is -0.464. The molecule has 0 spiro atoms. The van der Waals surface area contributed by atoms with Gasteiger partial charge in [0.1, 0.15) is 6.04 Å². The van der Waals surface area contributed by atoms with Crippen LogP contribution < -0.4 is 0 Å². The molecule has 20 heavy (non-hydrogen) atoms. The van der Waals surface area contributed by atoms with Gasteiger partial charge in [0.05, 0.1) is 12.0 Å². The molecule has 0 aliphatic carbocycles. The Kier molecular flexibility index (Phi) is 3.99. The normalized spacial score (nSPS) is 18.8. The molecule has 0 saturated carbocycles. The first-order valence-corrected chi connectivity index (χ1v) is 6.73. The summed E-state index contributed by atoms with van der Waals surface area (Å²) in [5.74, 6) is -1.09. The average Bonchev–Trinajstić information content (AvgIpc) is 2.93. The molecule has 1 aromatic rings. The molecule has 0 radical (unpaired) electrons. The van der Waals surface area contributed by atoms with Gasteiger partial charge in [-0.3, -0.25) is 14.5 Å². The largest absolute Gasteiger partial charge is 0.467 e. The third kappa shape index (κ3) is 2.49. The molecule has 1 aliphatic heterocycles. The number of aromatic nitrogens is 1. The van der Waals surface area contributed by atoms with Crippen LogP contribution in [0.25, 0.3) is 6.08 Å². The van der Waals surface area contributed by atoms with Gasteiger partial charge >= 0.3 is 5.97 Å². The molecule has 0 bridgehead atoms. The van der Waals surface area contributed by atoms with E-state index < -0.39 is 23.2 Å². The van der Waals surface area contributed by atoms with Crippen molar-refractivity contribution >= 4 is 35.0 Å². The molecular formula is C13H14N2O4S. The number of carbonyl (C=O) groups is 3. The van der Waals surface area contributed by atoms with Crippen molar-refractivity contribution in [2.24, 2.45) is 7.05 Å². The van der Waals surface area contributed by atoms with Crippen molar-refractivity contribution in [1.82, 2.24) is 9.47 Å². The van der Waals surface area contributed by atoms with Crippen molar-refractivity contribution in [1.29, 1.82) is 0 Å². The Morgan fingerprint density at radius 3 is 2.70 bits per heavy atom. The van der Waals surface area contributed by atoms with Crippen molar-refractivity contribution in [3.05, 3.63) is 28.9 Å². The molecule has 1 atom stereocenters. The minimum atomic E-state index is -0.924. The lowest BCUT2D eigenvalue weighted by Crippen LogP contribution is -2.42. The fourth-order valence-electron chi connectivity index (χ4n) is 1.85. The first-order chi connectivity index (χ1) is 9.45. The second-order valence-corrected chi connectivity index (χ2v) is 5.29. The molecule has 1 saturated heterocycles. The van der Waals surface area contributed by atoms with E-state index in [0.29, 0.717) is 4.91 Å². The number of nitrogens with zero attached hydrogens (tertiary/aromatic N) is 2. The van der Waals surface area contributed by atoms with Crippen LogP contribution in [0.3, 0.4) is 0 Å². The van der Waals surface area contributed by atoms with Crippen molar-refractivity contribution in [3.8, 4) is 0 Å². The maximum Gasteiger partial charge on any atom is 0.328 e. The number of hydrogen-bond donors (Lipinski definition) is 0. The topological polar surface area (TPSA) is 68.6 Å². The number of thioether (sulfide) groups is 1. The molecule has 2 rings (SSSR count). The van der Waals surface area contributed by atoms with Gasteiger partial charge in [-0.15, -0.1) is 0 Å². The van der Waals surface area contributed by atoms with Gasteiger partial charge in [0.2, 0.25) is 0 Å². The van der Waals surface area contributed by atoms with Crippen LogP contribution in [-0.4, -0.2) is 39.7 Å². The van der Waals surface area contributed by atoms with Gasteiger partial charge in [0.15, 0.2) is 0 Å². The van der Waals surface area contributed by atoms with Gasteiger partial charge in [0, 0.05) is 18.9 Å². The maximum absolute atomic E-state index is 12.2. The van der Waals surface area contributed by atoms with Gasteiger partial charge in [0.25, 0.3) is 11.1 Å². The van der Waals surface area contributed by atoms with Crippen LogP contribution in [0.4, 0.5) is 4.79 Å². The SMILES string of the molecule is COC(=O)C(C)N1C(=O)SC(=Cc2cccn2C)C1=O. The van der Waals surface area contributed by atoms with E-state index >= 15 is 0 Å². The summed E-state index contributed by atoms with van der Waals surface area (Å²) >= 11 is 0.822. The van der Waals surface area contributed by atoms with Crippen LogP contribution in [0, 0.1) is 0 Å². The highest BCUT2D eigenvalue weighted by molar-refractivity contribution is 8.18. The van der Waals surface area contributed by atoms with Gasteiger partial charge < -0.3 is 9.30 Å². The monoisotopic (exact) mass is 294 g/mol. The van der Waals surface area contributed by atoms with E-state index in [1.165, 1.54) is 14.0 Å². The predicted molar refractivity (Wildman–Crippen MR) is 74.7 cm³/mol. The minimum Gasteiger partial charge on any atom is -0.467 e. The smallest absolute Gasteiger partial charge is 0.328 e. The number of methoxy groups -OCH3 is 1. The molecule has 1 aliphatic rings. The molecule has 0 aromatic carbocycles. The number of amides is 2. The first-order valence-electron chi connectivity index (χ1n) is 5.92. The van der Waals surface area contributed by atoms with Gasteiger partial charge in [-0.25, -0.2) is 4.79 Å². The zero-order valence-corrected chi connectivity index (χ0v) is 12.1. The minimum absolute atomic E-state index is 0.299. The highest BCUT2D eigenvalue weighted by Crippen LogP contribution is 2.33. The van der Waals surface area contributed by atoms with Gasteiger partial charge in [-0.2, -0.15) is 0 Å². The van der Waals surface area contributed by atoms with E-state index in [2.05, 4.69) is 4.74 Å². The van der Waals surface area contributed by atoms with Gasteiger partial charge in [-0.05, 0) is 36.9 Å². The fourth-order valence-corrected chi connectivity index (χ4v) is 2.74. The average molecular weight is 294 g/mol. The summed E-state index contributed by atoms with van der Waals surface area (Å²) in [6, 6.07) is 2.75. The number of esters is 1. The quantitative estimate of drug-likeness (QED) is 0.626. The zero-order chi connectivity index (χ0) is 14.9. The summed E-state index contributed by atoms with van der Waals surface area (Å²) in [6.45, 7) is 1.47. The second kappa shape index (κ2) is 5.54. The predicted octanol–water partition coefficient (Wildman–Crippen LogP) is 1.62. The molecule has 2 heterocycles. The fraction of sp³-hybridized carbons (Fsp3) is 0.308. The summed E-state index contributed by atoms with van der Waals surface area (Å²) in [5.41, 5.74) is 0.807. The van der Waals surface area contributed by atoms with Crippen LogP contribution in [-0.2, 0) is 21.4 Å². The van der Waals surface area contributed by atoms with Crippen LogP contribution in [0.5, 0.6) is 0 Å². The Balaban J connectivity index is 2.27. The second-order valence-electron chi connectivity index (χ2n) is 4.29. The highest BCUT2D eigenvalue weighted by atomic mass is 32.2. The van der Waals surface area contributed by atoms with Crippen LogP contribution in [0.1, 0.15) is 12.6 Å². The van der Waals surface area contributed by atoms with E-state index in [-0.39, 0.29) is 0 Å². The van der Waals surface area contributed by atoms with E-state index in [9.17, 15) is 14.4 Å². The number of aryl methyl sites for hydroxylation is 1. The van der Waals surface area contributed by atoms with Crippen molar-refractivity contribution < 1.29 is 19.1 Å². The zero-order valence-electron chi connectivity index (χ0n) is 11.3. The third-order valence-corrected chi connectivity index (χ3v) is 3.90.